The molecule has 0 spiro atoms. The number of phenols is 2. The molecule has 1 aliphatic heterocycles. The fraction of sp³-hybridized carbons (Fsp3) is 0.100. The molecule has 7 rings (SSSR count). The second kappa shape index (κ2) is 11.9. The molecule has 0 saturated carbocycles. The third-order valence-corrected chi connectivity index (χ3v) is 8.82. The molecular weight excluding hydrogens is 572 g/mol. The normalized spacial score (nSPS) is 17.2. The lowest BCUT2D eigenvalue weighted by Gasteiger charge is -2.30. The van der Waals surface area contributed by atoms with E-state index in [1.165, 1.54) is 0 Å². The van der Waals surface area contributed by atoms with Crippen molar-refractivity contribution in [2.75, 3.05) is 0 Å². The van der Waals surface area contributed by atoms with Crippen molar-refractivity contribution in [3.8, 4) is 11.5 Å². The predicted molar refractivity (Wildman–Crippen MR) is 181 cm³/mol. The van der Waals surface area contributed by atoms with Crippen LogP contribution < -0.4 is 10.6 Å². The summed E-state index contributed by atoms with van der Waals surface area (Å²) in [6.07, 6.45) is 0.513. The summed E-state index contributed by atoms with van der Waals surface area (Å²) >= 11 is 0. The summed E-state index contributed by atoms with van der Waals surface area (Å²) in [5.41, 5.74) is 3.63. The molecule has 2 atom stereocenters. The van der Waals surface area contributed by atoms with E-state index in [4.69, 9.17) is 0 Å². The highest BCUT2D eigenvalue weighted by atomic mass is 16.3. The number of phenolic OH excluding ortho intramolecular Hbond substituents is 2. The molecule has 226 valence electrons. The molecule has 0 radical (unpaired) electrons. The Bertz CT molecular complexity index is 1990. The third-order valence-electron chi connectivity index (χ3n) is 8.82. The summed E-state index contributed by atoms with van der Waals surface area (Å²) in [4.78, 5) is 28.4. The van der Waals surface area contributed by atoms with Crippen LogP contribution in [0.3, 0.4) is 0 Å². The highest BCUT2D eigenvalue weighted by molar-refractivity contribution is 6.05. The summed E-state index contributed by atoms with van der Waals surface area (Å²) in [7, 11) is 0. The summed E-state index contributed by atoms with van der Waals surface area (Å²) in [5.74, 6) is -1.21. The van der Waals surface area contributed by atoms with E-state index in [0.717, 1.165) is 32.7 Å². The Morgan fingerprint density at radius 3 is 1.33 bits per heavy atom. The molecule has 0 unspecified atom stereocenters. The van der Waals surface area contributed by atoms with E-state index in [1.807, 2.05) is 109 Å². The van der Waals surface area contributed by atoms with Gasteiger partial charge in [0.1, 0.15) is 11.5 Å². The number of rotatable bonds is 2. The van der Waals surface area contributed by atoms with E-state index in [1.54, 1.807) is 12.1 Å². The van der Waals surface area contributed by atoms with Crippen LogP contribution in [-0.2, 0) is 12.8 Å². The van der Waals surface area contributed by atoms with Gasteiger partial charge in [0, 0.05) is 11.1 Å². The van der Waals surface area contributed by atoms with Gasteiger partial charge in [-0.15, -0.1) is 0 Å². The second-order valence-corrected chi connectivity index (χ2v) is 11.8. The molecule has 4 bridgehead atoms. The van der Waals surface area contributed by atoms with Crippen molar-refractivity contribution < 1.29 is 19.8 Å². The van der Waals surface area contributed by atoms with Crippen LogP contribution in [0.1, 0.15) is 55.1 Å². The van der Waals surface area contributed by atoms with Crippen molar-refractivity contribution in [2.24, 2.45) is 0 Å². The lowest BCUT2D eigenvalue weighted by molar-refractivity contribution is 0.0878. The van der Waals surface area contributed by atoms with Crippen LogP contribution in [0.15, 0.2) is 133 Å². The van der Waals surface area contributed by atoms with Crippen LogP contribution in [0.25, 0.3) is 21.5 Å². The monoisotopic (exact) mass is 604 g/mol. The maximum Gasteiger partial charge on any atom is 0.255 e. The van der Waals surface area contributed by atoms with Gasteiger partial charge in [0.25, 0.3) is 11.8 Å². The largest absolute Gasteiger partial charge is 0.507 e. The number of fused-ring (bicyclic) bond motifs is 8. The highest BCUT2D eigenvalue weighted by Gasteiger charge is 2.32. The molecule has 0 fully saturated rings. The van der Waals surface area contributed by atoms with Crippen molar-refractivity contribution in [3.63, 3.8) is 0 Å². The molecule has 2 amide bonds. The molecule has 6 aromatic carbocycles. The molecule has 0 aliphatic carbocycles. The molecule has 0 aromatic heterocycles. The first-order chi connectivity index (χ1) is 22.4. The molecule has 0 saturated heterocycles. The van der Waals surface area contributed by atoms with Gasteiger partial charge in [-0.2, -0.15) is 0 Å². The average Bonchev–Trinajstić information content (AvgIpc) is 3.08. The van der Waals surface area contributed by atoms with Crippen molar-refractivity contribution in [1.29, 1.82) is 0 Å². The van der Waals surface area contributed by atoms with Gasteiger partial charge in [0.2, 0.25) is 0 Å². The van der Waals surface area contributed by atoms with Gasteiger partial charge in [0.05, 0.1) is 23.2 Å². The Morgan fingerprint density at radius 1 is 0.543 bits per heavy atom. The number of benzene rings is 6. The van der Waals surface area contributed by atoms with Crippen molar-refractivity contribution in [1.82, 2.24) is 10.6 Å². The van der Waals surface area contributed by atoms with Crippen LogP contribution >= 0.6 is 0 Å². The number of carbonyl (C=O) groups excluding carboxylic acids is 2. The molecule has 6 nitrogen and oxygen atoms in total. The molecule has 6 heteroatoms. The van der Waals surface area contributed by atoms with E-state index in [9.17, 15) is 19.8 Å². The van der Waals surface area contributed by atoms with E-state index >= 15 is 0 Å². The molecule has 6 aromatic rings. The lowest BCUT2D eigenvalue weighted by atomic mass is 9.90. The fourth-order valence-corrected chi connectivity index (χ4v) is 6.57. The average molecular weight is 605 g/mol. The maximum absolute atomic E-state index is 14.2. The van der Waals surface area contributed by atoms with Gasteiger partial charge in [-0.3, -0.25) is 9.59 Å². The topological polar surface area (TPSA) is 98.7 Å². The number of carbonyl (C=O) groups is 2. The maximum atomic E-state index is 14.2. The first kappa shape index (κ1) is 28.9. The Kier molecular flexibility index (Phi) is 7.47. The second-order valence-electron chi connectivity index (χ2n) is 11.8. The summed E-state index contributed by atoms with van der Waals surface area (Å²) in [6, 6.07) is 36.0. The summed E-state index contributed by atoms with van der Waals surface area (Å²) in [5, 5.41) is 33.0. The van der Waals surface area contributed by atoms with Gasteiger partial charge < -0.3 is 20.8 Å². The Labute approximate surface area is 266 Å². The molecule has 1 aliphatic rings. The van der Waals surface area contributed by atoms with Gasteiger partial charge in [-0.25, -0.2) is 0 Å². The van der Waals surface area contributed by atoms with E-state index in [-0.39, 0.29) is 35.5 Å². The van der Waals surface area contributed by atoms with Gasteiger partial charge in [-0.05, 0) is 57.6 Å². The fourth-order valence-electron chi connectivity index (χ4n) is 6.57. The van der Waals surface area contributed by atoms with Crippen molar-refractivity contribution in [2.45, 2.75) is 24.9 Å². The van der Waals surface area contributed by atoms with Crippen LogP contribution in [0.4, 0.5) is 0 Å². The van der Waals surface area contributed by atoms with Crippen LogP contribution in [0.5, 0.6) is 11.5 Å². The molecular formula is C40H32N2O4. The lowest BCUT2D eigenvalue weighted by Crippen LogP contribution is -2.41. The van der Waals surface area contributed by atoms with Crippen LogP contribution in [-0.4, -0.2) is 22.0 Å². The third kappa shape index (κ3) is 5.24. The number of aromatic hydroxyl groups is 2. The molecule has 46 heavy (non-hydrogen) atoms. The molecule has 1 heterocycles. The zero-order valence-corrected chi connectivity index (χ0v) is 25.0. The first-order valence-corrected chi connectivity index (χ1v) is 15.2. The smallest absolute Gasteiger partial charge is 0.255 e. The van der Waals surface area contributed by atoms with E-state index < -0.39 is 23.9 Å². The van der Waals surface area contributed by atoms with Gasteiger partial charge in [0.15, 0.2) is 0 Å². The number of hydrogen-bond acceptors (Lipinski definition) is 4. The predicted octanol–water partition coefficient (Wildman–Crippen LogP) is 7.70. The van der Waals surface area contributed by atoms with Gasteiger partial charge in [-0.1, -0.05) is 121 Å². The number of nitrogens with one attached hydrogen (secondary N) is 2. The minimum atomic E-state index is -0.739. The van der Waals surface area contributed by atoms with Crippen molar-refractivity contribution >= 4 is 33.4 Å². The standard InChI is InChI=1S/C40H32N2O4/c1-24-20-31-29-18-10-8-16-27(29)22-33(37(31)43)39(45)41-35(25-12-4-2-5-13-25)36(26-14-6-3-7-15-26)42-40(46)34-23-28-17-9-11-19-30(28)32(21-24)38(34)44/h2-19,22-23,35-36,43-44H,1,20-21H2,(H,41,45)(H,42,46)/t35-,36-/m1/s1. The van der Waals surface area contributed by atoms with Gasteiger partial charge >= 0.3 is 0 Å². The van der Waals surface area contributed by atoms with Crippen LogP contribution in [0.2, 0.25) is 0 Å². The number of hydrogen-bond donors (Lipinski definition) is 4. The zero-order valence-electron chi connectivity index (χ0n) is 25.0. The quantitative estimate of drug-likeness (QED) is 0.152. The summed E-state index contributed by atoms with van der Waals surface area (Å²) < 4.78 is 0. The van der Waals surface area contributed by atoms with Crippen LogP contribution in [0, 0.1) is 0 Å². The first-order valence-electron chi connectivity index (χ1n) is 15.2. The minimum Gasteiger partial charge on any atom is -0.507 e. The Hall–Kier alpha value is -5.88. The summed E-state index contributed by atoms with van der Waals surface area (Å²) in [6.45, 7) is 4.32. The number of amides is 2. The molecule has 4 N–H and O–H groups in total. The van der Waals surface area contributed by atoms with E-state index in [2.05, 4.69) is 17.2 Å². The van der Waals surface area contributed by atoms with Crippen molar-refractivity contribution in [3.05, 3.63) is 167 Å². The minimum absolute atomic E-state index is 0.123. The Morgan fingerprint density at radius 2 is 0.913 bits per heavy atom. The highest BCUT2D eigenvalue weighted by Crippen LogP contribution is 2.39. The number of allylic oxidation sites excluding steroid dienone is 1. The van der Waals surface area contributed by atoms with E-state index in [0.29, 0.717) is 16.7 Å². The zero-order chi connectivity index (χ0) is 31.8. The SMILES string of the molecule is C=C1Cc2c(O)c(cc3ccccc23)C(=O)N[C@H](c2ccccc2)[C@@H](c2ccccc2)NC(=O)c2cc3ccccc3c(c2O)C1. The Balaban J connectivity index is 1.49.